The summed E-state index contributed by atoms with van der Waals surface area (Å²) in [4.78, 5) is 10.5. The van der Waals surface area contributed by atoms with Gasteiger partial charge in [-0.2, -0.15) is 5.26 Å². The fraction of sp³-hybridized carbons (Fsp3) is 0. The van der Waals surface area contributed by atoms with Gasteiger partial charge in [0.15, 0.2) is 5.82 Å². The average Bonchev–Trinajstić information content (AvgIpc) is 3.27. The van der Waals surface area contributed by atoms with Crippen molar-refractivity contribution in [3.8, 4) is 62.2 Å². The van der Waals surface area contributed by atoms with Crippen molar-refractivity contribution in [3.05, 3.63) is 194 Å². The van der Waals surface area contributed by atoms with Crippen LogP contribution >= 0.6 is 0 Å². The molecule has 0 amide bonds. The number of rotatable bonds is 5. The van der Waals surface area contributed by atoms with Crippen LogP contribution in [-0.2, 0) is 0 Å². The minimum Gasteiger partial charge on any atom is -0.228 e. The van der Waals surface area contributed by atoms with Crippen LogP contribution in [0, 0.1) is 11.3 Å². The third kappa shape index (κ3) is 5.05. The molecular formula is C53H31N3. The highest BCUT2D eigenvalue weighted by molar-refractivity contribution is 6.26. The standard InChI is InChI=1S/C53H31N3/c54-32-33-17-19-34(20-18-33)39-27-29-46(42-15-6-4-13-40(39)42)49-31-50(56-53(55-49)38-9-2-1-3-10-38)47-30-28-44(41-14-5-7-16-43(41)47)45-25-23-37-22-21-35-11-8-12-36-24-26-48(45)52(37)51(35)36/h1-31H. The Morgan fingerprint density at radius 3 is 1.46 bits per heavy atom. The van der Waals surface area contributed by atoms with E-state index in [1.807, 2.05) is 42.5 Å². The van der Waals surface area contributed by atoms with Crippen LogP contribution in [0.1, 0.15) is 5.56 Å². The number of hydrogen-bond acceptors (Lipinski definition) is 3. The maximum Gasteiger partial charge on any atom is 0.160 e. The van der Waals surface area contributed by atoms with Gasteiger partial charge in [0.1, 0.15) is 0 Å². The highest BCUT2D eigenvalue weighted by Gasteiger charge is 2.19. The molecule has 11 rings (SSSR count). The fourth-order valence-electron chi connectivity index (χ4n) is 8.67. The monoisotopic (exact) mass is 709 g/mol. The van der Waals surface area contributed by atoms with E-state index in [2.05, 4.69) is 152 Å². The summed E-state index contributed by atoms with van der Waals surface area (Å²) in [6.45, 7) is 0. The molecule has 0 N–H and O–H groups in total. The molecule has 56 heavy (non-hydrogen) atoms. The molecule has 0 atom stereocenters. The molecule has 1 aromatic heterocycles. The van der Waals surface area contributed by atoms with E-state index in [1.165, 1.54) is 48.8 Å². The molecule has 3 nitrogen and oxygen atoms in total. The number of nitriles is 1. The van der Waals surface area contributed by atoms with E-state index in [-0.39, 0.29) is 0 Å². The lowest BCUT2D eigenvalue weighted by molar-refractivity contribution is 1.19. The summed E-state index contributed by atoms with van der Waals surface area (Å²) in [5.74, 6) is 0.679. The summed E-state index contributed by atoms with van der Waals surface area (Å²) in [5.41, 5.74) is 10.0. The topological polar surface area (TPSA) is 49.6 Å². The normalized spacial score (nSPS) is 11.6. The smallest absolute Gasteiger partial charge is 0.160 e. The Kier molecular flexibility index (Phi) is 7.23. The maximum absolute atomic E-state index is 9.39. The third-order valence-electron chi connectivity index (χ3n) is 11.3. The van der Waals surface area contributed by atoms with E-state index >= 15 is 0 Å². The van der Waals surface area contributed by atoms with E-state index < -0.39 is 0 Å². The van der Waals surface area contributed by atoms with E-state index in [9.17, 15) is 5.26 Å². The van der Waals surface area contributed by atoms with Gasteiger partial charge in [0.25, 0.3) is 0 Å². The number of aromatic nitrogens is 2. The Labute approximate surface area is 323 Å². The summed E-state index contributed by atoms with van der Waals surface area (Å²) >= 11 is 0. The second kappa shape index (κ2) is 12.7. The van der Waals surface area contributed by atoms with Gasteiger partial charge in [0, 0.05) is 16.7 Å². The average molecular weight is 710 g/mol. The van der Waals surface area contributed by atoms with Gasteiger partial charge in [0.05, 0.1) is 23.0 Å². The molecule has 0 bridgehead atoms. The second-order valence-corrected chi connectivity index (χ2v) is 14.4. The quantitative estimate of drug-likeness (QED) is 0.167. The van der Waals surface area contributed by atoms with Gasteiger partial charge >= 0.3 is 0 Å². The Balaban J connectivity index is 1.12. The van der Waals surface area contributed by atoms with Gasteiger partial charge in [0.2, 0.25) is 0 Å². The molecule has 0 aliphatic rings. The minimum absolute atomic E-state index is 0.646. The summed E-state index contributed by atoms with van der Waals surface area (Å²) in [6, 6.07) is 68.6. The van der Waals surface area contributed by atoms with Crippen LogP contribution in [0.2, 0.25) is 0 Å². The van der Waals surface area contributed by atoms with Crippen LogP contribution in [0.3, 0.4) is 0 Å². The predicted molar refractivity (Wildman–Crippen MR) is 233 cm³/mol. The molecule has 11 aromatic rings. The van der Waals surface area contributed by atoms with Gasteiger partial charge < -0.3 is 0 Å². The Morgan fingerprint density at radius 2 is 0.821 bits per heavy atom. The molecule has 0 unspecified atom stereocenters. The van der Waals surface area contributed by atoms with Crippen molar-refractivity contribution in [2.75, 3.05) is 0 Å². The Morgan fingerprint density at radius 1 is 0.339 bits per heavy atom. The summed E-state index contributed by atoms with van der Waals surface area (Å²) in [7, 11) is 0. The second-order valence-electron chi connectivity index (χ2n) is 14.4. The molecule has 0 saturated heterocycles. The van der Waals surface area contributed by atoms with Gasteiger partial charge in [-0.1, -0.05) is 170 Å². The first-order chi connectivity index (χ1) is 27.7. The van der Waals surface area contributed by atoms with E-state index in [0.717, 1.165) is 55.4 Å². The predicted octanol–water partition coefficient (Wildman–Crippen LogP) is 13.9. The van der Waals surface area contributed by atoms with E-state index in [1.54, 1.807) is 0 Å². The Hall–Kier alpha value is -7.67. The number of nitrogens with zero attached hydrogens (tertiary/aromatic N) is 3. The molecule has 0 aliphatic carbocycles. The molecule has 1 heterocycles. The first-order valence-electron chi connectivity index (χ1n) is 18.9. The maximum atomic E-state index is 9.39. The lowest BCUT2D eigenvalue weighted by Crippen LogP contribution is -1.97. The van der Waals surface area contributed by atoms with Crippen LogP contribution in [0.15, 0.2) is 188 Å². The zero-order valence-electron chi connectivity index (χ0n) is 30.2. The number of hydrogen-bond donors (Lipinski definition) is 0. The molecular weight excluding hydrogens is 679 g/mol. The zero-order chi connectivity index (χ0) is 37.2. The van der Waals surface area contributed by atoms with E-state index in [0.29, 0.717) is 11.4 Å². The first kappa shape index (κ1) is 31.8. The van der Waals surface area contributed by atoms with Gasteiger partial charge in [-0.3, -0.25) is 0 Å². The molecule has 0 fully saturated rings. The van der Waals surface area contributed by atoms with Crippen LogP contribution in [0.25, 0.3) is 110 Å². The summed E-state index contributed by atoms with van der Waals surface area (Å²) in [6.07, 6.45) is 0. The third-order valence-corrected chi connectivity index (χ3v) is 11.3. The molecule has 3 heteroatoms. The minimum atomic E-state index is 0.646. The molecule has 0 radical (unpaired) electrons. The van der Waals surface area contributed by atoms with Crippen molar-refractivity contribution >= 4 is 53.9 Å². The summed E-state index contributed by atoms with van der Waals surface area (Å²) < 4.78 is 0. The SMILES string of the molecule is N#Cc1ccc(-c2ccc(-c3cc(-c4ccc(-c5ccc6ccc7cccc8ccc5c6c78)c5ccccc45)nc(-c4ccccc4)n3)c3ccccc23)cc1. The number of fused-ring (bicyclic) bond motifs is 2. The van der Waals surface area contributed by atoms with Gasteiger partial charge in [-0.15, -0.1) is 0 Å². The molecule has 0 aliphatic heterocycles. The fourth-order valence-corrected chi connectivity index (χ4v) is 8.67. The van der Waals surface area contributed by atoms with Crippen LogP contribution in [0.4, 0.5) is 0 Å². The molecule has 258 valence electrons. The highest BCUT2D eigenvalue weighted by atomic mass is 14.9. The highest BCUT2D eigenvalue weighted by Crippen LogP contribution is 2.43. The first-order valence-corrected chi connectivity index (χ1v) is 18.9. The number of benzene rings is 10. The van der Waals surface area contributed by atoms with Crippen LogP contribution in [0.5, 0.6) is 0 Å². The summed E-state index contributed by atoms with van der Waals surface area (Å²) in [5, 5.41) is 21.6. The van der Waals surface area contributed by atoms with Crippen molar-refractivity contribution in [3.63, 3.8) is 0 Å². The zero-order valence-corrected chi connectivity index (χ0v) is 30.2. The van der Waals surface area contributed by atoms with Crippen molar-refractivity contribution in [2.24, 2.45) is 0 Å². The van der Waals surface area contributed by atoms with Gasteiger partial charge in [-0.25, -0.2) is 9.97 Å². The largest absolute Gasteiger partial charge is 0.228 e. The molecule has 0 spiro atoms. The van der Waals surface area contributed by atoms with Crippen molar-refractivity contribution in [1.82, 2.24) is 9.97 Å². The lowest BCUT2D eigenvalue weighted by atomic mass is 9.87. The van der Waals surface area contributed by atoms with Crippen molar-refractivity contribution in [2.45, 2.75) is 0 Å². The molecule has 0 saturated carbocycles. The van der Waals surface area contributed by atoms with E-state index in [4.69, 9.17) is 9.97 Å². The lowest BCUT2D eigenvalue weighted by Gasteiger charge is -2.17. The van der Waals surface area contributed by atoms with Crippen molar-refractivity contribution < 1.29 is 0 Å². The van der Waals surface area contributed by atoms with Crippen LogP contribution < -0.4 is 0 Å². The van der Waals surface area contributed by atoms with Gasteiger partial charge in [-0.05, 0) is 94.3 Å². The Bertz CT molecular complexity index is 3340. The van der Waals surface area contributed by atoms with Crippen LogP contribution in [-0.4, -0.2) is 9.97 Å². The van der Waals surface area contributed by atoms with Crippen molar-refractivity contribution in [1.29, 1.82) is 5.26 Å². The molecule has 10 aromatic carbocycles.